The minimum Gasteiger partial charge on any atom is -0.480 e. The molecule has 4 N–H and O–H groups in total. The molecule has 0 spiro atoms. The lowest BCUT2D eigenvalue weighted by Gasteiger charge is -2.20. The standard InChI is InChI=1S/C50H90NO10P/c1-3-5-7-9-11-13-15-17-19-21-23-25-27-29-31-33-35-37-39-41-48(52)58-43-46(44-59-62(56,57)60-45-47(51)50(54)55)61-49(53)42-40-38-36-34-32-30-28-26-24-22-20-18-16-14-12-10-8-6-4-2/h12,14,17-20,24,26,46-47H,3-11,13,15-16,21-23,25,27-45,51H2,1-2H3,(H,54,55)(H,56,57)/b14-12-,19-17-,20-18-,26-24-. The van der Waals surface area contributed by atoms with Crippen molar-refractivity contribution in [2.45, 2.75) is 231 Å². The van der Waals surface area contributed by atoms with Gasteiger partial charge in [-0.05, 0) is 77.0 Å². The largest absolute Gasteiger partial charge is 0.480 e. The highest BCUT2D eigenvalue weighted by Gasteiger charge is 2.28. The molecule has 0 saturated carbocycles. The third-order valence-corrected chi connectivity index (χ3v) is 11.5. The number of phosphoric acid groups is 1. The van der Waals surface area contributed by atoms with Crippen LogP contribution in [0.4, 0.5) is 0 Å². The molecule has 0 aromatic carbocycles. The summed E-state index contributed by atoms with van der Waals surface area (Å²) in [6.45, 7) is 2.78. The molecule has 11 nitrogen and oxygen atoms in total. The minimum atomic E-state index is -4.73. The van der Waals surface area contributed by atoms with Crippen LogP contribution < -0.4 is 5.73 Å². The molecular weight excluding hydrogens is 806 g/mol. The number of aliphatic carboxylic acids is 1. The highest BCUT2D eigenvalue weighted by Crippen LogP contribution is 2.43. The first-order chi connectivity index (χ1) is 30.1. The van der Waals surface area contributed by atoms with Gasteiger partial charge in [0.05, 0.1) is 13.2 Å². The molecule has 0 bridgehead atoms. The Morgan fingerprint density at radius 2 is 0.855 bits per heavy atom. The molecule has 0 aromatic rings. The average molecular weight is 896 g/mol. The van der Waals surface area contributed by atoms with Crippen molar-refractivity contribution in [3.05, 3.63) is 48.6 Å². The van der Waals surface area contributed by atoms with E-state index in [1.807, 2.05) is 0 Å². The van der Waals surface area contributed by atoms with Gasteiger partial charge in [-0.2, -0.15) is 0 Å². The fourth-order valence-corrected chi connectivity index (χ4v) is 7.43. The van der Waals surface area contributed by atoms with Crippen LogP contribution in [0.1, 0.15) is 219 Å². The van der Waals surface area contributed by atoms with E-state index in [0.29, 0.717) is 12.8 Å². The molecule has 0 aliphatic heterocycles. The quantitative estimate of drug-likeness (QED) is 0.0230. The Labute approximate surface area is 377 Å². The third kappa shape index (κ3) is 44.1. The number of nitrogens with two attached hydrogens (primary N) is 1. The molecule has 12 heteroatoms. The molecule has 0 saturated heterocycles. The van der Waals surface area contributed by atoms with E-state index in [9.17, 15) is 23.8 Å². The van der Waals surface area contributed by atoms with Crippen LogP contribution in [0.3, 0.4) is 0 Å². The number of allylic oxidation sites excluding steroid dienone is 8. The van der Waals surface area contributed by atoms with Crippen molar-refractivity contribution >= 4 is 25.7 Å². The Kier molecular flexibility index (Phi) is 43.2. The molecule has 0 aromatic heterocycles. The summed E-state index contributed by atoms with van der Waals surface area (Å²) in [5.41, 5.74) is 5.35. The van der Waals surface area contributed by atoms with Crippen molar-refractivity contribution < 1.29 is 47.5 Å². The number of ether oxygens (including phenoxy) is 2. The van der Waals surface area contributed by atoms with Gasteiger partial charge in [-0.25, -0.2) is 4.57 Å². The molecule has 0 fully saturated rings. The summed E-state index contributed by atoms with van der Waals surface area (Å²) in [4.78, 5) is 46.1. The molecule has 0 amide bonds. The highest BCUT2D eigenvalue weighted by molar-refractivity contribution is 7.47. The zero-order valence-electron chi connectivity index (χ0n) is 39.2. The molecule has 0 aliphatic carbocycles. The number of carbonyl (C=O) groups is 3. The monoisotopic (exact) mass is 896 g/mol. The molecule has 0 heterocycles. The number of carboxylic acids is 1. The summed E-state index contributed by atoms with van der Waals surface area (Å²) in [6.07, 6.45) is 51.6. The van der Waals surface area contributed by atoms with Crippen LogP contribution in [0.15, 0.2) is 48.6 Å². The second-order valence-electron chi connectivity index (χ2n) is 16.6. The smallest absolute Gasteiger partial charge is 0.472 e. The number of hydrogen-bond acceptors (Lipinski definition) is 9. The van der Waals surface area contributed by atoms with Crippen molar-refractivity contribution in [3.63, 3.8) is 0 Å². The Hall–Kier alpha value is -2.56. The first-order valence-corrected chi connectivity index (χ1v) is 26.2. The Morgan fingerprint density at radius 3 is 1.32 bits per heavy atom. The van der Waals surface area contributed by atoms with Crippen LogP contribution in [0.5, 0.6) is 0 Å². The van der Waals surface area contributed by atoms with Crippen molar-refractivity contribution in [1.29, 1.82) is 0 Å². The molecular formula is C50H90NO10P. The van der Waals surface area contributed by atoms with E-state index in [4.69, 9.17) is 24.8 Å². The van der Waals surface area contributed by atoms with E-state index < -0.39 is 51.1 Å². The highest BCUT2D eigenvalue weighted by atomic mass is 31.2. The topological polar surface area (TPSA) is 172 Å². The van der Waals surface area contributed by atoms with Crippen LogP contribution in [-0.2, 0) is 37.5 Å². The van der Waals surface area contributed by atoms with E-state index >= 15 is 0 Å². The van der Waals surface area contributed by atoms with E-state index in [0.717, 1.165) is 70.6 Å². The van der Waals surface area contributed by atoms with Gasteiger partial charge in [-0.3, -0.25) is 23.4 Å². The molecule has 3 atom stereocenters. The summed E-state index contributed by atoms with van der Waals surface area (Å²) < 4.78 is 32.8. The van der Waals surface area contributed by atoms with Crippen molar-refractivity contribution in [1.82, 2.24) is 0 Å². The lowest BCUT2D eigenvalue weighted by atomic mass is 10.1. The van der Waals surface area contributed by atoms with Gasteiger partial charge in [0, 0.05) is 12.8 Å². The third-order valence-electron chi connectivity index (χ3n) is 10.5. The summed E-state index contributed by atoms with van der Waals surface area (Å²) in [7, 11) is -4.73. The molecule has 360 valence electrons. The first kappa shape index (κ1) is 59.4. The number of phosphoric ester groups is 1. The summed E-state index contributed by atoms with van der Waals surface area (Å²) >= 11 is 0. The maximum Gasteiger partial charge on any atom is 0.472 e. The second-order valence-corrected chi connectivity index (χ2v) is 18.0. The first-order valence-electron chi connectivity index (χ1n) is 24.7. The molecule has 3 unspecified atom stereocenters. The molecule has 0 radical (unpaired) electrons. The fraction of sp³-hybridized carbons (Fsp3) is 0.780. The lowest BCUT2D eigenvalue weighted by Crippen LogP contribution is -2.34. The average Bonchev–Trinajstić information content (AvgIpc) is 3.25. The number of rotatable bonds is 46. The molecule has 0 aliphatic rings. The van der Waals surface area contributed by atoms with Gasteiger partial charge in [-0.1, -0.05) is 178 Å². The summed E-state index contributed by atoms with van der Waals surface area (Å²) in [5.74, 6) is -2.39. The summed E-state index contributed by atoms with van der Waals surface area (Å²) in [5, 5.41) is 8.91. The summed E-state index contributed by atoms with van der Waals surface area (Å²) in [6, 6.07) is -1.53. The lowest BCUT2D eigenvalue weighted by molar-refractivity contribution is -0.161. The van der Waals surface area contributed by atoms with Gasteiger partial charge < -0.3 is 25.2 Å². The predicted octanol–water partition coefficient (Wildman–Crippen LogP) is 13.7. The van der Waals surface area contributed by atoms with E-state index in [1.165, 1.54) is 109 Å². The van der Waals surface area contributed by atoms with Gasteiger partial charge in [-0.15, -0.1) is 0 Å². The Morgan fingerprint density at radius 1 is 0.500 bits per heavy atom. The van der Waals surface area contributed by atoms with Gasteiger partial charge in [0.1, 0.15) is 12.6 Å². The van der Waals surface area contributed by atoms with Crippen molar-refractivity contribution in [2.24, 2.45) is 5.73 Å². The molecule has 62 heavy (non-hydrogen) atoms. The maximum atomic E-state index is 12.7. The van der Waals surface area contributed by atoms with E-state index in [-0.39, 0.29) is 19.4 Å². The maximum absolute atomic E-state index is 12.7. The zero-order chi connectivity index (χ0) is 45.6. The second kappa shape index (κ2) is 45.0. The van der Waals surface area contributed by atoms with Gasteiger partial charge in [0.2, 0.25) is 0 Å². The number of carboxylic acid groups (broad SMARTS) is 1. The zero-order valence-corrected chi connectivity index (χ0v) is 40.1. The van der Waals surface area contributed by atoms with E-state index in [1.54, 1.807) is 0 Å². The van der Waals surface area contributed by atoms with Crippen LogP contribution in [0, 0.1) is 0 Å². The minimum absolute atomic E-state index is 0.146. The van der Waals surface area contributed by atoms with Crippen LogP contribution >= 0.6 is 7.82 Å². The fourth-order valence-electron chi connectivity index (χ4n) is 6.66. The van der Waals surface area contributed by atoms with Gasteiger partial charge >= 0.3 is 25.7 Å². The van der Waals surface area contributed by atoms with Crippen LogP contribution in [0.25, 0.3) is 0 Å². The van der Waals surface area contributed by atoms with Crippen LogP contribution in [0.2, 0.25) is 0 Å². The van der Waals surface area contributed by atoms with Crippen molar-refractivity contribution in [3.8, 4) is 0 Å². The van der Waals surface area contributed by atoms with E-state index in [2.05, 4.69) is 67.0 Å². The van der Waals surface area contributed by atoms with Gasteiger partial charge in [0.25, 0.3) is 0 Å². The Bertz CT molecular complexity index is 1240. The number of carbonyl (C=O) groups excluding carboxylic acids is 2. The number of unbranched alkanes of at least 4 members (excludes halogenated alkanes) is 24. The van der Waals surface area contributed by atoms with Crippen molar-refractivity contribution in [2.75, 3.05) is 19.8 Å². The normalized spacial score (nSPS) is 14.0. The van der Waals surface area contributed by atoms with Gasteiger partial charge in [0.15, 0.2) is 6.10 Å². The number of hydrogen-bond donors (Lipinski definition) is 3. The predicted molar refractivity (Wildman–Crippen MR) is 254 cm³/mol. The number of esters is 2. The van der Waals surface area contributed by atoms with Crippen LogP contribution in [-0.4, -0.2) is 59.9 Å². The Balaban J connectivity index is 4.31. The SMILES string of the molecule is CCCCC/C=C\C/C=C\C/C=C\CCCCCCCCC(=O)OC(COC(=O)CCCCCCCCCCC/C=C\CCCCCCCC)COP(=O)(O)OCC(N)C(=O)O. The molecule has 0 rings (SSSR count).